The molecule has 0 atom stereocenters. The number of halogens is 1. The van der Waals surface area contributed by atoms with Crippen molar-refractivity contribution < 1.29 is 4.92 Å². The second kappa shape index (κ2) is 5.17. The molecule has 0 aromatic carbocycles. The van der Waals surface area contributed by atoms with Crippen molar-refractivity contribution in [3.63, 3.8) is 0 Å². The van der Waals surface area contributed by atoms with Gasteiger partial charge in [0, 0.05) is 29.5 Å². The summed E-state index contributed by atoms with van der Waals surface area (Å²) in [7, 11) is 0. The maximum absolute atomic E-state index is 10.6. The fourth-order valence-electron chi connectivity index (χ4n) is 0.913. The number of aryl methyl sites for hydroxylation is 1. The minimum atomic E-state index is -0.401. The van der Waals surface area contributed by atoms with E-state index in [1.807, 2.05) is 0 Å². The van der Waals surface area contributed by atoms with Gasteiger partial charge in [0.2, 0.25) is 0 Å². The van der Waals surface area contributed by atoms with Crippen LogP contribution in [0.2, 0.25) is 0 Å². The summed E-state index contributed by atoms with van der Waals surface area (Å²) in [5.41, 5.74) is 0.683. The molecule has 0 N–H and O–H groups in total. The van der Waals surface area contributed by atoms with Crippen LogP contribution >= 0.6 is 23.4 Å². The summed E-state index contributed by atoms with van der Waals surface area (Å²) >= 11 is 6.92. The van der Waals surface area contributed by atoms with E-state index in [-0.39, 0.29) is 5.69 Å². The first kappa shape index (κ1) is 11.3. The molecule has 4 nitrogen and oxygen atoms in total. The Morgan fingerprint density at radius 3 is 3.00 bits per heavy atom. The SMILES string of the molecule is Cc1cnc(SCCCl)cc1[N+](=O)[O-]. The zero-order chi connectivity index (χ0) is 10.6. The minimum Gasteiger partial charge on any atom is -0.258 e. The monoisotopic (exact) mass is 232 g/mol. The van der Waals surface area contributed by atoms with Gasteiger partial charge in [-0.15, -0.1) is 23.4 Å². The molecule has 0 saturated carbocycles. The van der Waals surface area contributed by atoms with Gasteiger partial charge in [0.1, 0.15) is 5.03 Å². The van der Waals surface area contributed by atoms with E-state index >= 15 is 0 Å². The Labute approximate surface area is 90.8 Å². The predicted octanol–water partition coefficient (Wildman–Crippen LogP) is 2.63. The Morgan fingerprint density at radius 1 is 1.71 bits per heavy atom. The predicted molar refractivity (Wildman–Crippen MR) is 57.1 cm³/mol. The van der Waals surface area contributed by atoms with Crippen molar-refractivity contribution in [3.8, 4) is 0 Å². The topological polar surface area (TPSA) is 56.0 Å². The highest BCUT2D eigenvalue weighted by Gasteiger charge is 2.11. The van der Waals surface area contributed by atoms with Gasteiger partial charge in [-0.3, -0.25) is 10.1 Å². The largest absolute Gasteiger partial charge is 0.276 e. The zero-order valence-corrected chi connectivity index (χ0v) is 9.14. The van der Waals surface area contributed by atoms with Crippen molar-refractivity contribution in [1.82, 2.24) is 4.98 Å². The quantitative estimate of drug-likeness (QED) is 0.347. The van der Waals surface area contributed by atoms with Crippen molar-refractivity contribution in [1.29, 1.82) is 0 Å². The summed E-state index contributed by atoms with van der Waals surface area (Å²) in [5.74, 6) is 1.21. The van der Waals surface area contributed by atoms with Crippen LogP contribution in [0.5, 0.6) is 0 Å². The van der Waals surface area contributed by atoms with Gasteiger partial charge in [-0.05, 0) is 6.92 Å². The van der Waals surface area contributed by atoms with E-state index in [0.717, 1.165) is 0 Å². The standard InChI is InChI=1S/C8H9ClN2O2S/c1-6-5-10-8(14-3-2-9)4-7(6)11(12)13/h4-5H,2-3H2,1H3. The number of alkyl halides is 1. The van der Waals surface area contributed by atoms with Crippen molar-refractivity contribution in [2.45, 2.75) is 11.9 Å². The number of aromatic nitrogens is 1. The first-order valence-corrected chi connectivity index (χ1v) is 5.47. The van der Waals surface area contributed by atoms with E-state index < -0.39 is 4.92 Å². The van der Waals surface area contributed by atoms with E-state index in [1.165, 1.54) is 24.0 Å². The Kier molecular flexibility index (Phi) is 4.16. The average molecular weight is 233 g/mol. The Morgan fingerprint density at radius 2 is 2.43 bits per heavy atom. The molecule has 1 aromatic rings. The molecule has 0 saturated heterocycles. The summed E-state index contributed by atoms with van der Waals surface area (Å²) in [5, 5.41) is 11.2. The normalized spacial score (nSPS) is 10.1. The van der Waals surface area contributed by atoms with Crippen LogP contribution in [0.15, 0.2) is 17.3 Å². The van der Waals surface area contributed by atoms with Gasteiger partial charge in [0.25, 0.3) is 5.69 Å². The van der Waals surface area contributed by atoms with Gasteiger partial charge in [-0.1, -0.05) is 0 Å². The van der Waals surface area contributed by atoms with Gasteiger partial charge in [0.05, 0.1) is 4.92 Å². The molecule has 0 radical (unpaired) electrons. The van der Waals surface area contributed by atoms with Crippen molar-refractivity contribution in [2.75, 3.05) is 11.6 Å². The van der Waals surface area contributed by atoms with Gasteiger partial charge in [-0.25, -0.2) is 4.98 Å². The molecular weight excluding hydrogens is 224 g/mol. The molecule has 6 heteroatoms. The fraction of sp³-hybridized carbons (Fsp3) is 0.375. The lowest BCUT2D eigenvalue weighted by Crippen LogP contribution is -1.94. The number of nitrogens with zero attached hydrogens (tertiary/aromatic N) is 2. The molecule has 14 heavy (non-hydrogen) atoms. The van der Waals surface area contributed by atoms with Crippen LogP contribution in [0, 0.1) is 17.0 Å². The van der Waals surface area contributed by atoms with Crippen molar-refractivity contribution in [2.24, 2.45) is 0 Å². The number of rotatable bonds is 4. The highest BCUT2D eigenvalue weighted by Crippen LogP contribution is 2.23. The molecule has 76 valence electrons. The molecule has 0 aliphatic carbocycles. The van der Waals surface area contributed by atoms with Gasteiger partial charge >= 0.3 is 0 Å². The Bertz CT molecular complexity index is 346. The lowest BCUT2D eigenvalue weighted by atomic mass is 10.3. The summed E-state index contributed by atoms with van der Waals surface area (Å²) in [6, 6.07) is 1.48. The molecule has 0 unspecified atom stereocenters. The lowest BCUT2D eigenvalue weighted by Gasteiger charge is -2.00. The number of hydrogen-bond donors (Lipinski definition) is 0. The molecule has 0 amide bonds. The van der Waals surface area contributed by atoms with E-state index in [1.54, 1.807) is 6.92 Å². The third kappa shape index (κ3) is 2.85. The number of pyridine rings is 1. The van der Waals surface area contributed by atoms with Crippen LogP contribution in [0.25, 0.3) is 0 Å². The molecule has 1 rings (SSSR count). The van der Waals surface area contributed by atoms with Crippen molar-refractivity contribution >= 4 is 29.1 Å². The fourth-order valence-corrected chi connectivity index (χ4v) is 1.75. The maximum Gasteiger partial charge on any atom is 0.276 e. The van der Waals surface area contributed by atoms with E-state index in [4.69, 9.17) is 11.6 Å². The maximum atomic E-state index is 10.6. The summed E-state index contributed by atoms with van der Waals surface area (Å²) in [6.07, 6.45) is 1.51. The lowest BCUT2D eigenvalue weighted by molar-refractivity contribution is -0.385. The van der Waals surface area contributed by atoms with E-state index in [9.17, 15) is 10.1 Å². The third-order valence-electron chi connectivity index (χ3n) is 1.57. The van der Waals surface area contributed by atoms with E-state index in [2.05, 4.69) is 4.98 Å². The molecule has 0 bridgehead atoms. The summed E-state index contributed by atoms with van der Waals surface area (Å²) in [4.78, 5) is 14.2. The molecule has 0 aliphatic heterocycles. The smallest absolute Gasteiger partial charge is 0.258 e. The minimum absolute atomic E-state index is 0.108. The zero-order valence-electron chi connectivity index (χ0n) is 7.57. The molecule has 0 fully saturated rings. The van der Waals surface area contributed by atoms with Crippen molar-refractivity contribution in [3.05, 3.63) is 27.9 Å². The van der Waals surface area contributed by atoms with E-state index in [0.29, 0.717) is 22.2 Å². The van der Waals surface area contributed by atoms with Crippen LogP contribution < -0.4 is 0 Å². The van der Waals surface area contributed by atoms with Gasteiger partial charge in [-0.2, -0.15) is 0 Å². The Balaban J connectivity index is 2.89. The molecule has 1 heterocycles. The third-order valence-corrected chi connectivity index (χ3v) is 2.91. The van der Waals surface area contributed by atoms with Crippen LogP contribution in [0.3, 0.4) is 0 Å². The molecular formula is C8H9ClN2O2S. The molecule has 0 spiro atoms. The highest BCUT2D eigenvalue weighted by atomic mass is 35.5. The second-order valence-electron chi connectivity index (χ2n) is 2.60. The number of nitro groups is 1. The van der Waals surface area contributed by atoms with Crippen LogP contribution in [0.1, 0.15) is 5.56 Å². The van der Waals surface area contributed by atoms with Crippen LogP contribution in [0.4, 0.5) is 5.69 Å². The average Bonchev–Trinajstić information content (AvgIpc) is 2.16. The van der Waals surface area contributed by atoms with Crippen LogP contribution in [-0.2, 0) is 0 Å². The van der Waals surface area contributed by atoms with Gasteiger partial charge < -0.3 is 0 Å². The Hall–Kier alpha value is -0.810. The second-order valence-corrected chi connectivity index (χ2v) is 4.10. The van der Waals surface area contributed by atoms with Gasteiger partial charge in [0.15, 0.2) is 0 Å². The first-order valence-electron chi connectivity index (χ1n) is 3.95. The highest BCUT2D eigenvalue weighted by molar-refractivity contribution is 7.99. The van der Waals surface area contributed by atoms with Crippen LogP contribution in [-0.4, -0.2) is 21.5 Å². The molecule has 1 aromatic heterocycles. The first-order chi connectivity index (χ1) is 6.65. The summed E-state index contributed by atoms with van der Waals surface area (Å²) < 4.78 is 0. The number of thioether (sulfide) groups is 1. The molecule has 0 aliphatic rings. The summed E-state index contributed by atoms with van der Waals surface area (Å²) in [6.45, 7) is 1.67. The number of hydrogen-bond acceptors (Lipinski definition) is 4.